The Kier molecular flexibility index (Phi) is 4.33. The van der Waals surface area contributed by atoms with Gasteiger partial charge in [0.25, 0.3) is 0 Å². The van der Waals surface area contributed by atoms with Crippen LogP contribution in [0.5, 0.6) is 0 Å². The molecular formula is C14H12Cl2N4. The summed E-state index contributed by atoms with van der Waals surface area (Å²) in [7, 11) is 1.85. The largest absolute Gasteiger partial charge is 0.382 e. The summed E-state index contributed by atoms with van der Waals surface area (Å²) < 4.78 is 0. The summed E-state index contributed by atoms with van der Waals surface area (Å²) in [6.45, 7) is 0.559. The summed E-state index contributed by atoms with van der Waals surface area (Å²) in [5.74, 6) is 0.791. The SMILES string of the molecule is CN(Cc1cccc(C#N)c1)c1nc(N)c(Cl)cc1Cl. The fourth-order valence-corrected chi connectivity index (χ4v) is 2.33. The van der Waals surface area contributed by atoms with Crippen molar-refractivity contribution in [2.45, 2.75) is 6.54 Å². The number of nitriles is 1. The van der Waals surface area contributed by atoms with Gasteiger partial charge in [-0.25, -0.2) is 4.98 Å². The van der Waals surface area contributed by atoms with Crippen LogP contribution in [0.15, 0.2) is 30.3 Å². The number of hydrogen-bond donors (Lipinski definition) is 1. The van der Waals surface area contributed by atoms with E-state index in [9.17, 15) is 0 Å². The molecule has 4 nitrogen and oxygen atoms in total. The predicted molar refractivity (Wildman–Crippen MR) is 81.9 cm³/mol. The smallest absolute Gasteiger partial charge is 0.149 e. The summed E-state index contributed by atoms with van der Waals surface area (Å²) in [5, 5.41) is 9.66. The maximum atomic E-state index is 8.90. The highest BCUT2D eigenvalue weighted by Gasteiger charge is 2.12. The van der Waals surface area contributed by atoms with Gasteiger partial charge in [-0.2, -0.15) is 5.26 Å². The van der Waals surface area contributed by atoms with Gasteiger partial charge in [-0.15, -0.1) is 0 Å². The molecule has 0 fully saturated rings. The quantitative estimate of drug-likeness (QED) is 0.942. The number of aromatic nitrogens is 1. The average Bonchev–Trinajstić information content (AvgIpc) is 2.43. The number of benzene rings is 1. The molecule has 2 aromatic rings. The second-order valence-corrected chi connectivity index (χ2v) is 5.14. The van der Waals surface area contributed by atoms with Crippen molar-refractivity contribution < 1.29 is 0 Å². The zero-order chi connectivity index (χ0) is 14.7. The van der Waals surface area contributed by atoms with Crippen LogP contribution in [0.4, 0.5) is 11.6 Å². The van der Waals surface area contributed by atoms with E-state index in [4.69, 9.17) is 34.2 Å². The minimum Gasteiger partial charge on any atom is -0.382 e. The minimum atomic E-state index is 0.240. The van der Waals surface area contributed by atoms with E-state index in [1.54, 1.807) is 12.1 Å². The number of anilines is 2. The molecule has 0 unspecified atom stereocenters. The molecule has 0 amide bonds. The molecule has 0 spiro atoms. The summed E-state index contributed by atoms with van der Waals surface area (Å²) in [4.78, 5) is 6.04. The van der Waals surface area contributed by atoms with Crippen LogP contribution >= 0.6 is 23.2 Å². The number of nitrogen functional groups attached to an aromatic ring is 1. The summed E-state index contributed by atoms with van der Waals surface area (Å²) >= 11 is 12.0. The first-order valence-corrected chi connectivity index (χ1v) is 6.58. The maximum absolute atomic E-state index is 8.90. The Hall–Kier alpha value is -1.96. The van der Waals surface area contributed by atoms with E-state index in [1.165, 1.54) is 0 Å². The molecule has 102 valence electrons. The van der Waals surface area contributed by atoms with Crippen molar-refractivity contribution in [2.24, 2.45) is 0 Å². The number of halogens is 2. The molecule has 2 N–H and O–H groups in total. The highest BCUT2D eigenvalue weighted by Crippen LogP contribution is 2.30. The van der Waals surface area contributed by atoms with Crippen molar-refractivity contribution in [2.75, 3.05) is 17.7 Å². The molecule has 0 atom stereocenters. The van der Waals surface area contributed by atoms with Gasteiger partial charge in [-0.1, -0.05) is 35.3 Å². The van der Waals surface area contributed by atoms with Crippen LogP contribution in [-0.2, 0) is 6.54 Å². The lowest BCUT2D eigenvalue weighted by Gasteiger charge is -2.20. The third-order valence-electron chi connectivity index (χ3n) is 2.78. The Morgan fingerprint density at radius 3 is 2.75 bits per heavy atom. The van der Waals surface area contributed by atoms with E-state index < -0.39 is 0 Å². The van der Waals surface area contributed by atoms with Gasteiger partial charge < -0.3 is 10.6 Å². The second-order valence-electron chi connectivity index (χ2n) is 4.33. The van der Waals surface area contributed by atoms with Crippen molar-refractivity contribution >= 4 is 34.8 Å². The van der Waals surface area contributed by atoms with Gasteiger partial charge in [0, 0.05) is 13.6 Å². The van der Waals surface area contributed by atoms with Gasteiger partial charge in [-0.05, 0) is 23.8 Å². The fraction of sp³-hybridized carbons (Fsp3) is 0.143. The Morgan fingerprint density at radius 2 is 2.05 bits per heavy atom. The first-order chi connectivity index (χ1) is 9.51. The van der Waals surface area contributed by atoms with Crippen molar-refractivity contribution in [1.29, 1.82) is 5.26 Å². The van der Waals surface area contributed by atoms with Gasteiger partial charge in [-0.3, -0.25) is 0 Å². The normalized spacial score (nSPS) is 10.1. The van der Waals surface area contributed by atoms with Gasteiger partial charge in [0.15, 0.2) is 0 Å². The van der Waals surface area contributed by atoms with Crippen LogP contribution in [-0.4, -0.2) is 12.0 Å². The van der Waals surface area contributed by atoms with Crippen molar-refractivity contribution in [3.63, 3.8) is 0 Å². The van der Waals surface area contributed by atoms with Crippen LogP contribution in [0.3, 0.4) is 0 Å². The third-order valence-corrected chi connectivity index (χ3v) is 3.36. The molecule has 1 aromatic heterocycles. The zero-order valence-electron chi connectivity index (χ0n) is 10.8. The fourth-order valence-electron chi connectivity index (χ4n) is 1.83. The highest BCUT2D eigenvalue weighted by molar-refractivity contribution is 6.37. The topological polar surface area (TPSA) is 65.9 Å². The summed E-state index contributed by atoms with van der Waals surface area (Å²) in [5.41, 5.74) is 7.30. The molecule has 0 aliphatic rings. The van der Waals surface area contributed by atoms with E-state index in [-0.39, 0.29) is 5.82 Å². The van der Waals surface area contributed by atoms with Crippen molar-refractivity contribution in [3.05, 3.63) is 51.5 Å². The zero-order valence-corrected chi connectivity index (χ0v) is 12.3. The molecule has 0 aliphatic carbocycles. The first-order valence-electron chi connectivity index (χ1n) is 5.83. The lowest BCUT2D eigenvalue weighted by atomic mass is 10.1. The molecule has 20 heavy (non-hydrogen) atoms. The van der Waals surface area contributed by atoms with Crippen molar-refractivity contribution in [3.8, 4) is 6.07 Å². The number of pyridine rings is 1. The maximum Gasteiger partial charge on any atom is 0.149 e. The molecule has 0 aliphatic heterocycles. The van der Waals surface area contributed by atoms with E-state index in [0.717, 1.165) is 5.56 Å². The molecule has 1 aromatic carbocycles. The Bertz CT molecular complexity index is 679. The average molecular weight is 307 g/mol. The van der Waals surface area contributed by atoms with Gasteiger partial charge >= 0.3 is 0 Å². The molecule has 2 rings (SSSR count). The van der Waals surface area contributed by atoms with E-state index in [1.807, 2.05) is 30.1 Å². The van der Waals surface area contributed by atoms with Crippen molar-refractivity contribution in [1.82, 2.24) is 4.98 Å². The molecular weight excluding hydrogens is 295 g/mol. The van der Waals surface area contributed by atoms with Gasteiger partial charge in [0.05, 0.1) is 21.7 Å². The summed E-state index contributed by atoms with van der Waals surface area (Å²) in [6, 6.07) is 11.0. The Labute approximate surface area is 127 Å². The van der Waals surface area contributed by atoms with Crippen LogP contribution < -0.4 is 10.6 Å². The van der Waals surface area contributed by atoms with Gasteiger partial charge in [0.2, 0.25) is 0 Å². The van der Waals surface area contributed by atoms with Crippen LogP contribution in [0, 0.1) is 11.3 Å². The number of rotatable bonds is 3. The minimum absolute atomic E-state index is 0.240. The third kappa shape index (κ3) is 3.13. The molecule has 0 saturated heterocycles. The predicted octanol–water partition coefficient (Wildman–Crippen LogP) is 3.48. The molecule has 0 bridgehead atoms. The Balaban J connectivity index is 2.26. The van der Waals surface area contributed by atoms with E-state index in [0.29, 0.717) is 28.0 Å². The lowest BCUT2D eigenvalue weighted by molar-refractivity contribution is 0.899. The lowest BCUT2D eigenvalue weighted by Crippen LogP contribution is -2.18. The van der Waals surface area contributed by atoms with Crippen LogP contribution in [0.25, 0.3) is 0 Å². The molecule has 1 heterocycles. The number of hydrogen-bond acceptors (Lipinski definition) is 4. The first kappa shape index (κ1) is 14.4. The Morgan fingerprint density at radius 1 is 1.30 bits per heavy atom. The number of nitrogens with two attached hydrogens (primary N) is 1. The van der Waals surface area contributed by atoms with Crippen LogP contribution in [0.2, 0.25) is 10.0 Å². The monoisotopic (exact) mass is 306 g/mol. The van der Waals surface area contributed by atoms with Crippen LogP contribution in [0.1, 0.15) is 11.1 Å². The standard InChI is InChI=1S/C14H12Cl2N4/c1-20(8-10-4-2-3-9(5-10)7-17)14-12(16)6-11(15)13(18)19-14/h2-6H,8H2,1H3,(H2,18,19). The van der Waals surface area contributed by atoms with E-state index in [2.05, 4.69) is 11.1 Å². The molecule has 0 saturated carbocycles. The second kappa shape index (κ2) is 6.00. The molecule has 6 heteroatoms. The number of nitrogens with zero attached hydrogens (tertiary/aromatic N) is 3. The molecule has 0 radical (unpaired) electrons. The van der Waals surface area contributed by atoms with Gasteiger partial charge in [0.1, 0.15) is 11.6 Å². The highest BCUT2D eigenvalue weighted by atomic mass is 35.5. The van der Waals surface area contributed by atoms with E-state index >= 15 is 0 Å². The summed E-state index contributed by atoms with van der Waals surface area (Å²) in [6.07, 6.45) is 0.